The third-order valence-electron chi connectivity index (χ3n) is 6.14. The first-order chi connectivity index (χ1) is 15.5. The molecule has 0 bridgehead atoms. The highest BCUT2D eigenvalue weighted by Gasteiger charge is 2.35. The Bertz CT molecular complexity index is 1190. The second-order valence-corrected chi connectivity index (χ2v) is 9.28. The average molecular weight is 450 g/mol. The van der Waals surface area contributed by atoms with Crippen LogP contribution < -0.4 is 9.80 Å². The molecule has 2 aromatic carbocycles. The van der Waals surface area contributed by atoms with Crippen LogP contribution in [-0.2, 0) is 22.4 Å². The average Bonchev–Trinajstić information content (AvgIpc) is 3.55. The molecule has 1 aliphatic carbocycles. The fourth-order valence-corrected chi connectivity index (χ4v) is 4.93. The quantitative estimate of drug-likeness (QED) is 0.560. The molecule has 1 aromatic heterocycles. The molecule has 2 amide bonds. The number of benzene rings is 2. The summed E-state index contributed by atoms with van der Waals surface area (Å²) in [5.74, 6) is -0.128. The predicted octanol–water partition coefficient (Wildman–Crippen LogP) is 4.84. The maximum atomic E-state index is 13.9. The minimum absolute atomic E-state index is 0.0121. The standard InChI is InChI=1S/C25H24FN3O2S/c1-28(23(30)14-17-5-2-3-7-20(17)26)25-27-21(15-32-25)18-10-11-22-19(13-18)6-4-12-29(22)24(31)16-8-9-16/h2-3,5,7,10-11,13,15-16H,4,6,8-9,12,14H2,1H3. The van der Waals surface area contributed by atoms with Gasteiger partial charge in [-0.05, 0) is 55.0 Å². The fraction of sp³-hybridized carbons (Fsp3) is 0.320. The lowest BCUT2D eigenvalue weighted by Gasteiger charge is -2.30. The van der Waals surface area contributed by atoms with E-state index in [0.29, 0.717) is 10.7 Å². The van der Waals surface area contributed by atoms with Gasteiger partial charge < -0.3 is 4.90 Å². The van der Waals surface area contributed by atoms with Crippen LogP contribution in [0.2, 0.25) is 0 Å². The fourth-order valence-electron chi connectivity index (χ4n) is 4.12. The Labute approximate surface area is 190 Å². The summed E-state index contributed by atoms with van der Waals surface area (Å²) in [7, 11) is 1.67. The molecule has 32 heavy (non-hydrogen) atoms. The zero-order valence-electron chi connectivity index (χ0n) is 17.9. The minimum Gasteiger partial charge on any atom is -0.312 e. The van der Waals surface area contributed by atoms with Gasteiger partial charge in [0, 0.05) is 36.1 Å². The van der Waals surface area contributed by atoms with E-state index in [-0.39, 0.29) is 30.0 Å². The second-order valence-electron chi connectivity index (χ2n) is 8.45. The molecule has 164 valence electrons. The van der Waals surface area contributed by atoms with Gasteiger partial charge in [-0.15, -0.1) is 11.3 Å². The van der Waals surface area contributed by atoms with Gasteiger partial charge in [0.25, 0.3) is 0 Å². The Hall–Kier alpha value is -3.06. The molecule has 0 saturated heterocycles. The van der Waals surface area contributed by atoms with Crippen LogP contribution in [0.1, 0.15) is 30.4 Å². The van der Waals surface area contributed by atoms with E-state index in [4.69, 9.17) is 0 Å². The number of nitrogens with zero attached hydrogens (tertiary/aromatic N) is 3. The van der Waals surface area contributed by atoms with Crippen molar-refractivity contribution in [3.05, 3.63) is 64.8 Å². The molecular formula is C25H24FN3O2S. The van der Waals surface area contributed by atoms with Crippen molar-refractivity contribution in [2.45, 2.75) is 32.1 Å². The normalized spacial score (nSPS) is 15.4. The lowest BCUT2D eigenvalue weighted by atomic mass is 9.98. The molecule has 5 nitrogen and oxygen atoms in total. The van der Waals surface area contributed by atoms with E-state index in [1.807, 2.05) is 22.4 Å². The molecule has 2 heterocycles. The first-order valence-electron chi connectivity index (χ1n) is 10.9. The number of carbonyl (C=O) groups excluding carboxylic acids is 2. The van der Waals surface area contributed by atoms with Gasteiger partial charge in [0.1, 0.15) is 5.82 Å². The van der Waals surface area contributed by atoms with Crippen molar-refractivity contribution in [2.75, 3.05) is 23.4 Å². The molecule has 0 atom stereocenters. The Morgan fingerprint density at radius 2 is 2.03 bits per heavy atom. The second kappa shape index (κ2) is 8.47. The number of thiazole rings is 1. The highest BCUT2D eigenvalue weighted by atomic mass is 32.1. The van der Waals surface area contributed by atoms with E-state index in [1.165, 1.54) is 27.9 Å². The van der Waals surface area contributed by atoms with E-state index >= 15 is 0 Å². The molecule has 0 radical (unpaired) electrons. The number of aryl methyl sites for hydroxylation is 1. The topological polar surface area (TPSA) is 53.5 Å². The van der Waals surface area contributed by atoms with Crippen LogP contribution in [0, 0.1) is 11.7 Å². The van der Waals surface area contributed by atoms with Gasteiger partial charge in [-0.3, -0.25) is 14.5 Å². The summed E-state index contributed by atoms with van der Waals surface area (Å²) in [6, 6.07) is 12.5. The van der Waals surface area contributed by atoms with Crippen LogP contribution in [-0.4, -0.2) is 30.4 Å². The minimum atomic E-state index is -0.377. The summed E-state index contributed by atoms with van der Waals surface area (Å²) in [6.07, 6.45) is 3.91. The number of halogens is 1. The smallest absolute Gasteiger partial charge is 0.233 e. The number of hydrogen-bond donors (Lipinski definition) is 0. The van der Waals surface area contributed by atoms with Crippen LogP contribution in [0.3, 0.4) is 0 Å². The van der Waals surface area contributed by atoms with Crippen LogP contribution in [0.5, 0.6) is 0 Å². The molecule has 7 heteroatoms. The molecule has 1 saturated carbocycles. The SMILES string of the molecule is CN(C(=O)Cc1ccccc1F)c1nc(-c2ccc3c(c2)CCCN3C(=O)C2CC2)cs1. The van der Waals surface area contributed by atoms with Gasteiger partial charge in [-0.25, -0.2) is 9.37 Å². The Morgan fingerprint density at radius 3 is 2.81 bits per heavy atom. The van der Waals surface area contributed by atoms with Gasteiger partial charge in [0.15, 0.2) is 5.13 Å². The lowest BCUT2D eigenvalue weighted by molar-refractivity contribution is -0.120. The van der Waals surface area contributed by atoms with Crippen LogP contribution in [0.4, 0.5) is 15.2 Å². The van der Waals surface area contributed by atoms with Crippen LogP contribution in [0.15, 0.2) is 47.8 Å². The number of hydrogen-bond acceptors (Lipinski definition) is 4. The summed E-state index contributed by atoms with van der Waals surface area (Å²) in [4.78, 5) is 33.4. The van der Waals surface area contributed by atoms with Gasteiger partial charge in [-0.2, -0.15) is 0 Å². The summed E-state index contributed by atoms with van der Waals surface area (Å²) in [6.45, 7) is 0.789. The van der Waals surface area contributed by atoms with Gasteiger partial charge in [0.05, 0.1) is 12.1 Å². The number of carbonyl (C=O) groups is 2. The first-order valence-corrected chi connectivity index (χ1v) is 11.8. The molecule has 1 aliphatic heterocycles. The number of fused-ring (bicyclic) bond motifs is 1. The highest BCUT2D eigenvalue weighted by Crippen LogP contribution is 2.37. The highest BCUT2D eigenvalue weighted by molar-refractivity contribution is 7.14. The number of aromatic nitrogens is 1. The summed E-state index contributed by atoms with van der Waals surface area (Å²) in [5.41, 5.74) is 4.33. The third-order valence-corrected chi connectivity index (χ3v) is 7.06. The number of amides is 2. The zero-order chi connectivity index (χ0) is 22.2. The summed E-state index contributed by atoms with van der Waals surface area (Å²) >= 11 is 1.39. The van der Waals surface area contributed by atoms with Crippen molar-refractivity contribution < 1.29 is 14.0 Å². The molecule has 0 spiro atoms. The maximum Gasteiger partial charge on any atom is 0.233 e. The molecule has 0 N–H and O–H groups in total. The summed E-state index contributed by atoms with van der Waals surface area (Å²) in [5, 5.41) is 2.50. The van der Waals surface area contributed by atoms with Crippen molar-refractivity contribution >= 4 is 34.0 Å². The Balaban J connectivity index is 1.33. The van der Waals surface area contributed by atoms with Crippen molar-refractivity contribution in [1.82, 2.24) is 4.98 Å². The largest absolute Gasteiger partial charge is 0.312 e. The molecule has 1 fully saturated rings. The molecule has 2 aliphatic rings. The monoisotopic (exact) mass is 449 g/mol. The van der Waals surface area contributed by atoms with Crippen molar-refractivity contribution in [3.63, 3.8) is 0 Å². The molecule has 3 aromatic rings. The van der Waals surface area contributed by atoms with Crippen molar-refractivity contribution in [1.29, 1.82) is 0 Å². The number of rotatable bonds is 5. The van der Waals surface area contributed by atoms with Crippen LogP contribution >= 0.6 is 11.3 Å². The van der Waals surface area contributed by atoms with Gasteiger partial charge in [-0.1, -0.05) is 24.3 Å². The third kappa shape index (κ3) is 4.05. The Morgan fingerprint density at radius 1 is 1.22 bits per heavy atom. The first kappa shape index (κ1) is 20.8. The van der Waals surface area contributed by atoms with Gasteiger partial charge in [0.2, 0.25) is 11.8 Å². The summed E-state index contributed by atoms with van der Waals surface area (Å²) < 4.78 is 13.9. The van der Waals surface area contributed by atoms with E-state index in [9.17, 15) is 14.0 Å². The molecular weight excluding hydrogens is 425 g/mol. The lowest BCUT2D eigenvalue weighted by Crippen LogP contribution is -2.36. The van der Waals surface area contributed by atoms with E-state index in [0.717, 1.165) is 49.2 Å². The van der Waals surface area contributed by atoms with Gasteiger partial charge >= 0.3 is 0 Å². The zero-order valence-corrected chi connectivity index (χ0v) is 18.7. The number of likely N-dealkylation sites (N-methyl/N-ethyl adjacent to an activating group) is 1. The van der Waals surface area contributed by atoms with Crippen LogP contribution in [0.25, 0.3) is 11.3 Å². The van der Waals surface area contributed by atoms with E-state index in [1.54, 1.807) is 25.2 Å². The predicted molar refractivity (Wildman–Crippen MR) is 124 cm³/mol. The Kier molecular flexibility index (Phi) is 5.51. The number of anilines is 2. The van der Waals surface area contributed by atoms with E-state index < -0.39 is 0 Å². The molecule has 5 rings (SSSR count). The maximum absolute atomic E-state index is 13.9. The van der Waals surface area contributed by atoms with Crippen molar-refractivity contribution in [2.24, 2.45) is 5.92 Å². The molecule has 0 unspecified atom stereocenters. The van der Waals surface area contributed by atoms with E-state index in [2.05, 4.69) is 11.1 Å². The van der Waals surface area contributed by atoms with Crippen molar-refractivity contribution in [3.8, 4) is 11.3 Å².